The molecule has 1 heterocycles. The Morgan fingerprint density at radius 3 is 2.94 bits per heavy atom. The maximum absolute atomic E-state index is 5.96. The second-order valence-corrected chi connectivity index (χ2v) is 6.11. The molecule has 0 spiro atoms. The maximum atomic E-state index is 5.96. The van der Waals surface area contributed by atoms with Crippen LogP contribution >= 0.6 is 27.5 Å². The lowest BCUT2D eigenvalue weighted by molar-refractivity contribution is 0.138. The second-order valence-electron chi connectivity index (χ2n) is 4.82. The van der Waals surface area contributed by atoms with Crippen LogP contribution in [0, 0.1) is 0 Å². The number of benzene rings is 1. The van der Waals surface area contributed by atoms with Crippen molar-refractivity contribution < 1.29 is 0 Å². The molecule has 1 fully saturated rings. The van der Waals surface area contributed by atoms with Crippen LogP contribution < -0.4 is 5.32 Å². The van der Waals surface area contributed by atoms with Crippen molar-refractivity contribution in [2.45, 2.75) is 32.5 Å². The Morgan fingerprint density at radius 1 is 1.47 bits per heavy atom. The zero-order valence-corrected chi connectivity index (χ0v) is 12.6. The molecule has 1 aliphatic heterocycles. The van der Waals surface area contributed by atoms with Crippen molar-refractivity contribution in [2.75, 3.05) is 13.1 Å². The van der Waals surface area contributed by atoms with Crippen LogP contribution in [0.5, 0.6) is 0 Å². The number of hydrogen-bond acceptors (Lipinski definition) is 2. The summed E-state index contributed by atoms with van der Waals surface area (Å²) >= 11 is 9.54. The zero-order chi connectivity index (χ0) is 12.4. The lowest BCUT2D eigenvalue weighted by Crippen LogP contribution is -2.53. The predicted molar refractivity (Wildman–Crippen MR) is 76.5 cm³/mol. The van der Waals surface area contributed by atoms with Crippen LogP contribution in [0.3, 0.4) is 0 Å². The third-order valence-electron chi connectivity index (χ3n) is 3.28. The van der Waals surface area contributed by atoms with E-state index in [9.17, 15) is 0 Å². The van der Waals surface area contributed by atoms with Gasteiger partial charge in [-0.1, -0.05) is 33.6 Å². The average Bonchev–Trinajstić information content (AvgIpc) is 2.27. The van der Waals surface area contributed by atoms with Crippen molar-refractivity contribution in [3.05, 3.63) is 33.3 Å². The highest BCUT2D eigenvalue weighted by atomic mass is 79.9. The van der Waals surface area contributed by atoms with E-state index in [1.54, 1.807) is 0 Å². The van der Waals surface area contributed by atoms with E-state index in [1.807, 2.05) is 12.1 Å². The topological polar surface area (TPSA) is 15.3 Å². The zero-order valence-electron chi connectivity index (χ0n) is 10.2. The van der Waals surface area contributed by atoms with Gasteiger partial charge in [0.1, 0.15) is 0 Å². The molecule has 2 nitrogen and oxygen atoms in total. The van der Waals surface area contributed by atoms with Crippen molar-refractivity contribution in [3.8, 4) is 0 Å². The number of hydrogen-bond donors (Lipinski definition) is 1. The molecule has 1 saturated heterocycles. The summed E-state index contributed by atoms with van der Waals surface area (Å²) in [6.45, 7) is 7.63. The molecule has 94 valence electrons. The van der Waals surface area contributed by atoms with Crippen LogP contribution in [-0.4, -0.2) is 30.1 Å². The van der Waals surface area contributed by atoms with Crippen LogP contribution in [0.1, 0.15) is 19.4 Å². The summed E-state index contributed by atoms with van der Waals surface area (Å²) in [5.41, 5.74) is 1.30. The average molecular weight is 318 g/mol. The summed E-state index contributed by atoms with van der Waals surface area (Å²) in [5, 5.41) is 4.28. The van der Waals surface area contributed by atoms with Gasteiger partial charge in [0.2, 0.25) is 0 Å². The molecule has 0 amide bonds. The van der Waals surface area contributed by atoms with E-state index in [2.05, 4.69) is 46.1 Å². The molecule has 2 unspecified atom stereocenters. The molecule has 0 radical (unpaired) electrons. The first-order chi connectivity index (χ1) is 8.06. The minimum absolute atomic E-state index is 0.567. The molecule has 0 aromatic heterocycles. The van der Waals surface area contributed by atoms with Crippen molar-refractivity contribution in [2.24, 2.45) is 0 Å². The van der Waals surface area contributed by atoms with Crippen LogP contribution in [0.4, 0.5) is 0 Å². The third-order valence-corrected chi connectivity index (χ3v) is 4.26. The van der Waals surface area contributed by atoms with Crippen LogP contribution in [-0.2, 0) is 6.54 Å². The number of nitrogens with zero attached hydrogens (tertiary/aromatic N) is 1. The van der Waals surface area contributed by atoms with Crippen LogP contribution in [0.2, 0.25) is 5.02 Å². The first-order valence-corrected chi connectivity index (χ1v) is 7.14. The summed E-state index contributed by atoms with van der Waals surface area (Å²) in [6, 6.07) is 7.17. The molecule has 1 N–H and O–H groups in total. The summed E-state index contributed by atoms with van der Waals surface area (Å²) in [7, 11) is 0. The molecule has 1 aliphatic rings. The highest BCUT2D eigenvalue weighted by molar-refractivity contribution is 9.10. The van der Waals surface area contributed by atoms with Gasteiger partial charge in [-0.15, -0.1) is 0 Å². The van der Waals surface area contributed by atoms with Gasteiger partial charge in [-0.05, 0) is 31.5 Å². The summed E-state index contributed by atoms with van der Waals surface area (Å²) < 4.78 is 1.10. The van der Waals surface area contributed by atoms with Crippen molar-refractivity contribution in [1.82, 2.24) is 10.2 Å². The minimum atomic E-state index is 0.567. The molecule has 1 aromatic rings. The molecule has 4 heteroatoms. The Labute approximate surface area is 116 Å². The standard InChI is InChI=1S/C13H18BrClN2/c1-9-7-17(10(2)6-16-9)8-11-3-4-12(15)5-13(11)14/h3-5,9-10,16H,6-8H2,1-2H3. The lowest BCUT2D eigenvalue weighted by Gasteiger charge is -2.37. The number of piperazine rings is 1. The van der Waals surface area contributed by atoms with Crippen molar-refractivity contribution >= 4 is 27.5 Å². The molecular formula is C13H18BrClN2. The first kappa shape index (κ1) is 13.3. The quantitative estimate of drug-likeness (QED) is 0.900. The van der Waals surface area contributed by atoms with E-state index >= 15 is 0 Å². The number of nitrogens with one attached hydrogen (secondary N) is 1. The predicted octanol–water partition coefficient (Wildman–Crippen LogP) is 3.28. The van der Waals surface area contributed by atoms with E-state index < -0.39 is 0 Å². The van der Waals surface area contributed by atoms with Gasteiger partial charge in [0.25, 0.3) is 0 Å². The smallest absolute Gasteiger partial charge is 0.0417 e. The Hall–Kier alpha value is -0.0900. The fraction of sp³-hybridized carbons (Fsp3) is 0.538. The first-order valence-electron chi connectivity index (χ1n) is 5.97. The lowest BCUT2D eigenvalue weighted by atomic mass is 10.1. The van der Waals surface area contributed by atoms with Gasteiger partial charge in [-0.2, -0.15) is 0 Å². The van der Waals surface area contributed by atoms with Crippen molar-refractivity contribution in [3.63, 3.8) is 0 Å². The van der Waals surface area contributed by atoms with E-state index in [0.717, 1.165) is 29.1 Å². The Balaban J connectivity index is 2.08. The maximum Gasteiger partial charge on any atom is 0.0417 e. The molecule has 2 atom stereocenters. The van der Waals surface area contributed by atoms with Gasteiger partial charge in [0, 0.05) is 41.2 Å². The van der Waals surface area contributed by atoms with E-state index in [1.165, 1.54) is 5.56 Å². The van der Waals surface area contributed by atoms with Gasteiger partial charge in [0.15, 0.2) is 0 Å². The minimum Gasteiger partial charge on any atom is -0.311 e. The Kier molecular flexibility index (Phi) is 4.47. The molecule has 0 saturated carbocycles. The fourth-order valence-corrected chi connectivity index (χ4v) is 2.99. The van der Waals surface area contributed by atoms with Crippen molar-refractivity contribution in [1.29, 1.82) is 0 Å². The number of halogens is 2. The van der Waals surface area contributed by atoms with Gasteiger partial charge >= 0.3 is 0 Å². The van der Waals surface area contributed by atoms with E-state index in [4.69, 9.17) is 11.6 Å². The van der Waals surface area contributed by atoms with Gasteiger partial charge < -0.3 is 5.32 Å². The SMILES string of the molecule is CC1CN(Cc2ccc(Cl)cc2Br)C(C)CN1. The van der Waals surface area contributed by atoms with Crippen LogP contribution in [0.25, 0.3) is 0 Å². The molecule has 17 heavy (non-hydrogen) atoms. The second kappa shape index (κ2) is 5.70. The fourth-order valence-electron chi connectivity index (χ4n) is 2.19. The Bertz CT molecular complexity index is 397. The molecular weight excluding hydrogens is 300 g/mol. The largest absolute Gasteiger partial charge is 0.311 e. The normalized spacial score (nSPS) is 26.1. The summed E-state index contributed by atoms with van der Waals surface area (Å²) in [5.74, 6) is 0. The Morgan fingerprint density at radius 2 is 2.24 bits per heavy atom. The van der Waals surface area contributed by atoms with E-state index in [-0.39, 0.29) is 0 Å². The van der Waals surface area contributed by atoms with E-state index in [0.29, 0.717) is 12.1 Å². The van der Waals surface area contributed by atoms with Gasteiger partial charge in [-0.3, -0.25) is 4.90 Å². The van der Waals surface area contributed by atoms with Gasteiger partial charge in [-0.25, -0.2) is 0 Å². The number of rotatable bonds is 2. The molecule has 1 aromatic carbocycles. The summed E-state index contributed by atoms with van der Waals surface area (Å²) in [6.07, 6.45) is 0. The molecule has 0 aliphatic carbocycles. The monoisotopic (exact) mass is 316 g/mol. The highest BCUT2D eigenvalue weighted by Crippen LogP contribution is 2.24. The molecule has 2 rings (SSSR count). The van der Waals surface area contributed by atoms with Gasteiger partial charge in [0.05, 0.1) is 0 Å². The molecule has 0 bridgehead atoms. The summed E-state index contributed by atoms with van der Waals surface area (Å²) in [4.78, 5) is 2.51. The third kappa shape index (κ3) is 3.44. The highest BCUT2D eigenvalue weighted by Gasteiger charge is 2.22. The van der Waals surface area contributed by atoms with Crippen LogP contribution in [0.15, 0.2) is 22.7 Å².